The van der Waals surface area contributed by atoms with Gasteiger partial charge in [0, 0.05) is 10.6 Å². The zero-order valence-corrected chi connectivity index (χ0v) is 14.7. The quantitative estimate of drug-likeness (QED) is 0.370. The van der Waals surface area contributed by atoms with Crippen molar-refractivity contribution in [1.82, 2.24) is 0 Å². The maximum atomic E-state index is 13.1. The van der Waals surface area contributed by atoms with Gasteiger partial charge >= 0.3 is 5.69 Å². The van der Waals surface area contributed by atoms with Gasteiger partial charge in [-0.1, -0.05) is 23.7 Å². The number of benzene rings is 3. The van der Waals surface area contributed by atoms with Crippen LogP contribution >= 0.6 is 11.6 Å². The number of ketones is 1. The van der Waals surface area contributed by atoms with E-state index in [1.54, 1.807) is 42.5 Å². The number of nitro benzene ring substituents is 1. The molecule has 0 saturated heterocycles. The summed E-state index contributed by atoms with van der Waals surface area (Å²) >= 11 is 5.88. The van der Waals surface area contributed by atoms with E-state index in [2.05, 4.69) is 0 Å². The Labute approximate surface area is 154 Å². The molecule has 3 rings (SSSR count). The molecule has 3 aromatic rings. The smallest absolute Gasteiger partial charge is 0.319 e. The Bertz CT molecular complexity index is 1010. The zero-order valence-electron chi connectivity index (χ0n) is 14.0. The third-order valence-electron chi connectivity index (χ3n) is 4.04. The molecule has 0 aliphatic rings. The van der Waals surface area contributed by atoms with Crippen LogP contribution in [0.1, 0.15) is 15.9 Å². The molecule has 0 aliphatic heterocycles. The number of nitrogens with zero attached hydrogens (tertiary/aromatic N) is 1. The maximum Gasteiger partial charge on any atom is 0.319 e. The average Bonchev–Trinajstić information content (AvgIpc) is 2.65. The van der Waals surface area contributed by atoms with Gasteiger partial charge in [-0.2, -0.15) is 0 Å². The Morgan fingerprint density at radius 3 is 2.08 bits per heavy atom. The molecule has 0 unspecified atom stereocenters. The van der Waals surface area contributed by atoms with Crippen molar-refractivity contribution in [2.24, 2.45) is 0 Å². The molecule has 0 fully saturated rings. The number of ether oxygens (including phenoxy) is 2. The molecule has 0 amide bonds. The van der Waals surface area contributed by atoms with Gasteiger partial charge in [0.25, 0.3) is 0 Å². The third kappa shape index (κ3) is 2.95. The predicted molar refractivity (Wildman–Crippen MR) is 98.6 cm³/mol. The van der Waals surface area contributed by atoms with E-state index in [0.717, 1.165) is 0 Å². The molecular weight excluding hydrogens is 358 g/mol. The second-order valence-corrected chi connectivity index (χ2v) is 5.89. The van der Waals surface area contributed by atoms with Gasteiger partial charge in [-0.15, -0.1) is 0 Å². The highest BCUT2D eigenvalue weighted by Crippen LogP contribution is 2.41. The minimum absolute atomic E-state index is 0.0703. The summed E-state index contributed by atoms with van der Waals surface area (Å²) in [5.41, 5.74) is 0.177. The van der Waals surface area contributed by atoms with Gasteiger partial charge in [0.1, 0.15) is 5.75 Å². The fourth-order valence-corrected chi connectivity index (χ4v) is 2.97. The van der Waals surface area contributed by atoms with Gasteiger partial charge in [-0.05, 0) is 41.8 Å². The summed E-state index contributed by atoms with van der Waals surface area (Å²) < 4.78 is 10.5. The molecule has 0 atom stereocenters. The number of hydrogen-bond donors (Lipinski definition) is 0. The van der Waals surface area contributed by atoms with E-state index in [0.29, 0.717) is 16.0 Å². The van der Waals surface area contributed by atoms with E-state index < -0.39 is 10.7 Å². The molecule has 0 saturated carbocycles. The van der Waals surface area contributed by atoms with E-state index in [-0.39, 0.29) is 28.1 Å². The summed E-state index contributed by atoms with van der Waals surface area (Å²) in [4.78, 5) is 24.3. The number of rotatable bonds is 5. The van der Waals surface area contributed by atoms with Gasteiger partial charge in [-0.25, -0.2) is 0 Å². The Kier molecular flexibility index (Phi) is 4.77. The van der Waals surface area contributed by atoms with E-state index in [4.69, 9.17) is 21.1 Å². The number of hydrogen-bond acceptors (Lipinski definition) is 5. The third-order valence-corrected chi connectivity index (χ3v) is 4.29. The van der Waals surface area contributed by atoms with Crippen molar-refractivity contribution in [1.29, 1.82) is 0 Å². The lowest BCUT2D eigenvalue weighted by molar-refractivity contribution is -0.384. The minimum Gasteiger partial charge on any atom is -0.496 e. The lowest BCUT2D eigenvalue weighted by atomic mass is 9.94. The van der Waals surface area contributed by atoms with Crippen molar-refractivity contribution in [3.05, 3.63) is 74.8 Å². The lowest BCUT2D eigenvalue weighted by Crippen LogP contribution is -2.07. The standard InChI is InChI=1S/C19H14ClNO5/c1-25-14-9-5-11-6-10-15(26-2)18(21(23)24)16(11)17(14)19(22)12-3-7-13(20)8-4-12/h3-10H,1-2H3. The Morgan fingerprint density at radius 2 is 1.54 bits per heavy atom. The summed E-state index contributed by atoms with van der Waals surface area (Å²) in [7, 11) is 2.75. The van der Waals surface area contributed by atoms with Gasteiger partial charge in [0.05, 0.1) is 30.1 Å². The van der Waals surface area contributed by atoms with Crippen molar-refractivity contribution >= 4 is 33.8 Å². The Morgan fingerprint density at radius 1 is 0.962 bits per heavy atom. The fraction of sp³-hybridized carbons (Fsp3) is 0.105. The van der Waals surface area contributed by atoms with E-state index in [1.807, 2.05) is 0 Å². The van der Waals surface area contributed by atoms with Crippen molar-refractivity contribution in [3.8, 4) is 11.5 Å². The molecule has 0 N–H and O–H groups in total. The van der Waals surface area contributed by atoms with Crippen LogP contribution in [-0.2, 0) is 0 Å². The first-order valence-corrected chi connectivity index (χ1v) is 7.98. The van der Waals surface area contributed by atoms with Crippen molar-refractivity contribution < 1.29 is 19.2 Å². The van der Waals surface area contributed by atoms with Gasteiger partial charge < -0.3 is 9.47 Å². The Hall–Kier alpha value is -3.12. The second kappa shape index (κ2) is 7.01. The molecule has 0 spiro atoms. The van der Waals surface area contributed by atoms with Crippen LogP contribution in [0.15, 0.2) is 48.5 Å². The fourth-order valence-electron chi connectivity index (χ4n) is 2.85. The summed E-state index contributed by atoms with van der Waals surface area (Å²) in [6.07, 6.45) is 0. The molecule has 26 heavy (non-hydrogen) atoms. The van der Waals surface area contributed by atoms with Crippen LogP contribution in [0, 0.1) is 10.1 Å². The lowest BCUT2D eigenvalue weighted by Gasteiger charge is -2.13. The highest BCUT2D eigenvalue weighted by Gasteiger charge is 2.28. The van der Waals surface area contributed by atoms with Gasteiger partial charge in [0.2, 0.25) is 0 Å². The summed E-state index contributed by atoms with van der Waals surface area (Å²) in [5.74, 6) is -0.0878. The molecule has 0 aliphatic carbocycles. The van der Waals surface area contributed by atoms with Crippen LogP contribution in [0.3, 0.4) is 0 Å². The number of methoxy groups -OCH3 is 2. The molecule has 0 radical (unpaired) electrons. The first kappa shape index (κ1) is 17.7. The molecule has 0 aromatic heterocycles. The number of fused-ring (bicyclic) bond motifs is 1. The summed E-state index contributed by atoms with van der Waals surface area (Å²) in [6, 6.07) is 12.7. The van der Waals surface area contributed by atoms with Crippen molar-refractivity contribution in [3.63, 3.8) is 0 Å². The summed E-state index contributed by atoms with van der Waals surface area (Å²) in [5, 5.41) is 12.9. The number of carbonyl (C=O) groups excluding carboxylic acids is 1. The monoisotopic (exact) mass is 371 g/mol. The van der Waals surface area contributed by atoms with E-state index in [1.165, 1.54) is 20.3 Å². The number of nitro groups is 1. The molecule has 132 valence electrons. The molecule has 3 aromatic carbocycles. The van der Waals surface area contributed by atoms with Gasteiger partial charge in [0.15, 0.2) is 11.5 Å². The molecule has 6 nitrogen and oxygen atoms in total. The summed E-state index contributed by atoms with van der Waals surface area (Å²) in [6.45, 7) is 0. The highest BCUT2D eigenvalue weighted by atomic mass is 35.5. The SMILES string of the molecule is COc1ccc2ccc(OC)c([N+](=O)[O-])c2c1C(=O)c1ccc(Cl)cc1. The molecular formula is C19H14ClNO5. The Balaban J connectivity index is 2.40. The minimum atomic E-state index is -0.556. The van der Waals surface area contributed by atoms with Crippen LogP contribution in [0.5, 0.6) is 11.5 Å². The predicted octanol–water partition coefficient (Wildman–Crippen LogP) is 4.65. The van der Waals surface area contributed by atoms with Crippen LogP contribution in [0.4, 0.5) is 5.69 Å². The van der Waals surface area contributed by atoms with Crippen LogP contribution < -0.4 is 9.47 Å². The first-order chi connectivity index (χ1) is 12.5. The molecule has 0 bridgehead atoms. The van der Waals surface area contributed by atoms with Crippen LogP contribution in [0.2, 0.25) is 5.02 Å². The highest BCUT2D eigenvalue weighted by molar-refractivity contribution is 6.30. The van der Waals surface area contributed by atoms with E-state index >= 15 is 0 Å². The normalized spacial score (nSPS) is 10.6. The average molecular weight is 372 g/mol. The largest absolute Gasteiger partial charge is 0.496 e. The zero-order chi connectivity index (χ0) is 18.8. The van der Waals surface area contributed by atoms with Crippen molar-refractivity contribution in [2.45, 2.75) is 0 Å². The maximum absolute atomic E-state index is 13.1. The molecule has 7 heteroatoms. The van der Waals surface area contributed by atoms with E-state index in [9.17, 15) is 14.9 Å². The topological polar surface area (TPSA) is 78.7 Å². The number of carbonyl (C=O) groups is 1. The molecule has 0 heterocycles. The van der Waals surface area contributed by atoms with Gasteiger partial charge in [-0.3, -0.25) is 14.9 Å². The number of halogens is 1. The first-order valence-electron chi connectivity index (χ1n) is 7.60. The van der Waals surface area contributed by atoms with Crippen LogP contribution in [-0.4, -0.2) is 24.9 Å². The van der Waals surface area contributed by atoms with Crippen LogP contribution in [0.25, 0.3) is 10.8 Å². The van der Waals surface area contributed by atoms with Crippen molar-refractivity contribution in [2.75, 3.05) is 14.2 Å². The second-order valence-electron chi connectivity index (χ2n) is 5.45.